The number of ether oxygens (including phenoxy) is 2. The highest BCUT2D eigenvalue weighted by molar-refractivity contribution is 6.05. The molecule has 6 atom stereocenters. The van der Waals surface area contributed by atoms with Crippen molar-refractivity contribution in [3.8, 4) is 0 Å². The van der Waals surface area contributed by atoms with Gasteiger partial charge in [-0.1, -0.05) is 48.6 Å². The Morgan fingerprint density at radius 3 is 1.97 bits per heavy atom. The Kier molecular flexibility index (Phi) is 15.3. The smallest absolute Gasteiger partial charge is 0.407 e. The number of nitrogens with zero attached hydrogens (tertiary/aromatic N) is 2. The fourth-order valence-electron chi connectivity index (χ4n) is 9.76. The highest BCUT2D eigenvalue weighted by Crippen LogP contribution is 2.35. The van der Waals surface area contributed by atoms with E-state index in [0.717, 1.165) is 67.2 Å². The lowest BCUT2D eigenvalue weighted by Gasteiger charge is -2.34. The van der Waals surface area contributed by atoms with E-state index in [0.29, 0.717) is 36.4 Å². The Balaban J connectivity index is 0.000000232. The molecule has 1 unspecified atom stereocenters. The van der Waals surface area contributed by atoms with Crippen molar-refractivity contribution >= 4 is 41.6 Å². The molecule has 0 spiro atoms. The molecule has 15 heteroatoms. The maximum atomic E-state index is 13.2. The van der Waals surface area contributed by atoms with Gasteiger partial charge in [-0.25, -0.2) is 4.79 Å². The van der Waals surface area contributed by atoms with Crippen LogP contribution in [-0.4, -0.2) is 86.8 Å². The van der Waals surface area contributed by atoms with Crippen LogP contribution in [0.15, 0.2) is 60.7 Å². The molecule has 0 aromatic heterocycles. The highest BCUT2D eigenvalue weighted by Gasteiger charge is 2.40. The number of benzene rings is 2. The number of hydrogen-bond donors (Lipinski definition) is 4. The van der Waals surface area contributed by atoms with Crippen molar-refractivity contribution in [2.24, 2.45) is 23.3 Å². The molecule has 2 aliphatic carbocycles. The molecule has 15 nitrogen and oxygen atoms in total. The number of fused-ring (bicyclic) bond motifs is 2. The summed E-state index contributed by atoms with van der Waals surface area (Å²) in [6.07, 6.45) is 7.25. The highest BCUT2D eigenvalue weighted by atomic mass is 16.6. The summed E-state index contributed by atoms with van der Waals surface area (Å²) in [7, 11) is 0. The molecule has 2 saturated carbocycles. The fourth-order valence-corrected chi connectivity index (χ4v) is 9.76. The first-order valence-electron chi connectivity index (χ1n) is 23.2. The summed E-state index contributed by atoms with van der Waals surface area (Å²) in [6, 6.07) is 10.3. The first kappa shape index (κ1) is 49.6. The topological polar surface area (TPSA) is 221 Å². The van der Waals surface area contributed by atoms with Crippen LogP contribution in [0.4, 0.5) is 4.79 Å². The lowest BCUT2D eigenvalue weighted by molar-refractivity contribution is -0.155. The maximum absolute atomic E-state index is 13.2. The van der Waals surface area contributed by atoms with Gasteiger partial charge in [0.2, 0.25) is 17.7 Å². The number of imide groups is 1. The number of rotatable bonds is 11. The molecule has 3 aliphatic heterocycles. The zero-order valence-corrected chi connectivity index (χ0v) is 39.5. The molecular formula is C51H68N6O9. The third-order valence-corrected chi connectivity index (χ3v) is 13.0. The SMILES string of the molecule is C=C1CC[C@H](N)[C@@H](Cc2ccc3c(c2)CN(C2CCC(=O)NC2=O)C3=O)C1.C=C1CC[C@H](NC(=O)OC(C)(C)C)[C@@H](Cc2ccc3c(c2)CN([C@@H](CCC(=O)OC(C)(C)C)C(N)=O)C3=O)C1. The lowest BCUT2D eigenvalue weighted by Crippen LogP contribution is -2.52. The molecule has 1 saturated heterocycles. The zero-order chi connectivity index (χ0) is 48.2. The van der Waals surface area contributed by atoms with Gasteiger partial charge >= 0.3 is 12.1 Å². The second-order valence-electron chi connectivity index (χ2n) is 20.7. The van der Waals surface area contributed by atoms with E-state index in [1.807, 2.05) is 45.0 Å². The van der Waals surface area contributed by atoms with Crippen LogP contribution in [0.3, 0.4) is 0 Å². The van der Waals surface area contributed by atoms with Gasteiger partial charge in [0.05, 0.1) is 0 Å². The molecule has 6 N–H and O–H groups in total. The average molecular weight is 909 g/mol. The number of carbonyl (C=O) groups excluding carboxylic acids is 7. The van der Waals surface area contributed by atoms with Gasteiger partial charge in [-0.3, -0.25) is 34.1 Å². The summed E-state index contributed by atoms with van der Waals surface area (Å²) < 4.78 is 10.8. The van der Waals surface area contributed by atoms with Crippen LogP contribution in [0.1, 0.15) is 149 Å². The molecule has 5 aliphatic rings. The zero-order valence-electron chi connectivity index (χ0n) is 39.5. The van der Waals surface area contributed by atoms with Crippen LogP contribution in [0.2, 0.25) is 0 Å². The quantitative estimate of drug-likeness (QED) is 0.116. The minimum absolute atomic E-state index is 0.0200. The Bertz CT molecular complexity index is 2270. The average Bonchev–Trinajstić information content (AvgIpc) is 3.70. The van der Waals surface area contributed by atoms with Crippen LogP contribution in [-0.2, 0) is 54.6 Å². The van der Waals surface area contributed by atoms with Crippen molar-refractivity contribution < 1.29 is 43.0 Å². The second kappa shape index (κ2) is 20.4. The van der Waals surface area contributed by atoms with Crippen molar-refractivity contribution in [3.05, 3.63) is 94.1 Å². The first-order valence-corrected chi connectivity index (χ1v) is 23.2. The van der Waals surface area contributed by atoms with Gasteiger partial charge < -0.3 is 36.1 Å². The van der Waals surface area contributed by atoms with E-state index in [2.05, 4.69) is 29.9 Å². The van der Waals surface area contributed by atoms with Crippen molar-refractivity contribution in [1.29, 1.82) is 0 Å². The summed E-state index contributed by atoms with van der Waals surface area (Å²) in [5.41, 5.74) is 18.3. The molecule has 2 aromatic carbocycles. The van der Waals surface area contributed by atoms with Crippen LogP contribution in [0.25, 0.3) is 0 Å². The molecule has 3 fully saturated rings. The summed E-state index contributed by atoms with van der Waals surface area (Å²) in [4.78, 5) is 89.4. The molecule has 3 heterocycles. The number of amides is 6. The summed E-state index contributed by atoms with van der Waals surface area (Å²) in [6.45, 7) is 19.8. The molecular weight excluding hydrogens is 841 g/mol. The monoisotopic (exact) mass is 909 g/mol. The maximum Gasteiger partial charge on any atom is 0.407 e. The minimum Gasteiger partial charge on any atom is -0.460 e. The van der Waals surface area contributed by atoms with E-state index in [1.54, 1.807) is 31.7 Å². The molecule has 356 valence electrons. The van der Waals surface area contributed by atoms with Crippen LogP contribution >= 0.6 is 0 Å². The first-order chi connectivity index (χ1) is 30.9. The van der Waals surface area contributed by atoms with Gasteiger partial charge in [0.1, 0.15) is 23.3 Å². The second-order valence-corrected chi connectivity index (χ2v) is 20.7. The van der Waals surface area contributed by atoms with Gasteiger partial charge in [0, 0.05) is 49.1 Å². The number of piperidine rings is 1. The van der Waals surface area contributed by atoms with E-state index >= 15 is 0 Å². The lowest BCUT2D eigenvalue weighted by atomic mass is 9.78. The van der Waals surface area contributed by atoms with Gasteiger partial charge in [0.25, 0.3) is 11.8 Å². The van der Waals surface area contributed by atoms with E-state index in [9.17, 15) is 33.6 Å². The standard InChI is InChI=1S/C30H43N3O6.C21H25N3O3/c1-18-8-11-23(32-28(37)39-30(5,6)7)20(14-18)15-19-9-10-22-21(16-19)17-33(27(22)36)24(26(31)35)12-13-25(34)38-29(2,3)4;1-12-2-5-17(22)14(8-12)9-13-3-4-16-15(10-13)11-24(21(16)27)18-6-7-19(25)23-20(18)26/h9-10,16,20,23-24H,1,8,11-15,17H2,2-7H3,(H2,31,35)(H,32,37);3-4,10,14,17-18H,1-2,5-9,11,22H2,(H,23,25,26)/t20-,23+,24+;14-,17+,18?/m11/s1. The van der Waals surface area contributed by atoms with E-state index in [1.165, 1.54) is 16.0 Å². The molecule has 0 bridgehead atoms. The predicted molar refractivity (Wildman–Crippen MR) is 248 cm³/mol. The van der Waals surface area contributed by atoms with Gasteiger partial charge in [-0.2, -0.15) is 0 Å². The third-order valence-electron chi connectivity index (χ3n) is 13.0. The Labute approximate surface area is 388 Å². The predicted octanol–water partition coefficient (Wildman–Crippen LogP) is 6.08. The number of hydrogen-bond acceptors (Lipinski definition) is 10. The summed E-state index contributed by atoms with van der Waals surface area (Å²) in [5, 5.41) is 5.38. The molecule has 2 aromatic rings. The van der Waals surface area contributed by atoms with E-state index < -0.39 is 41.3 Å². The van der Waals surface area contributed by atoms with Gasteiger partial charge in [-0.15, -0.1) is 0 Å². The van der Waals surface area contributed by atoms with Crippen LogP contribution in [0, 0.1) is 11.8 Å². The Morgan fingerprint density at radius 2 is 1.36 bits per heavy atom. The van der Waals surface area contributed by atoms with Gasteiger partial charge in [0.15, 0.2) is 0 Å². The summed E-state index contributed by atoms with van der Waals surface area (Å²) >= 11 is 0. The van der Waals surface area contributed by atoms with Crippen molar-refractivity contribution in [2.45, 2.75) is 167 Å². The van der Waals surface area contributed by atoms with Crippen LogP contribution < -0.4 is 22.1 Å². The molecule has 0 radical (unpaired) electrons. The molecule has 6 amide bonds. The van der Waals surface area contributed by atoms with Gasteiger partial charge in [-0.05, 0) is 152 Å². The van der Waals surface area contributed by atoms with Crippen molar-refractivity contribution in [2.75, 3.05) is 0 Å². The fraction of sp³-hybridized carbons (Fsp3) is 0.549. The minimum atomic E-state index is -0.912. The van der Waals surface area contributed by atoms with Crippen molar-refractivity contribution in [1.82, 2.24) is 20.4 Å². The number of primary amides is 1. The normalized spacial score (nSPS) is 23.6. The van der Waals surface area contributed by atoms with Crippen molar-refractivity contribution in [3.63, 3.8) is 0 Å². The summed E-state index contributed by atoms with van der Waals surface area (Å²) in [5.74, 6) is -1.63. The number of carbonyl (C=O) groups is 7. The molecule has 66 heavy (non-hydrogen) atoms. The van der Waals surface area contributed by atoms with E-state index in [4.69, 9.17) is 20.9 Å². The largest absolute Gasteiger partial charge is 0.460 e. The Morgan fingerprint density at radius 1 is 0.788 bits per heavy atom. The molecule has 7 rings (SSSR count). The van der Waals surface area contributed by atoms with Crippen LogP contribution in [0.5, 0.6) is 0 Å². The number of alkyl carbamates (subject to hydrolysis) is 1. The number of esters is 1. The number of allylic oxidation sites excluding steroid dienone is 2. The third kappa shape index (κ3) is 12.7. The van der Waals surface area contributed by atoms with E-state index in [-0.39, 0.29) is 67.4 Å². The Hall–Kier alpha value is -5.83. The number of nitrogens with one attached hydrogen (secondary N) is 2. The number of nitrogens with two attached hydrogens (primary N) is 2.